The molecule has 0 saturated carbocycles. The van der Waals surface area contributed by atoms with Crippen LogP contribution in [0.2, 0.25) is 0 Å². The summed E-state index contributed by atoms with van der Waals surface area (Å²) in [5, 5.41) is 3.58. The minimum atomic E-state index is 0.618. The third kappa shape index (κ3) is 6.54. The topological polar surface area (TPSA) is 51.6 Å². The van der Waals surface area contributed by atoms with Crippen molar-refractivity contribution < 1.29 is 0 Å². The number of hydrogen-bond acceptors (Lipinski definition) is 5. The van der Waals surface area contributed by atoms with Crippen LogP contribution in [0.1, 0.15) is 0 Å². The van der Waals surface area contributed by atoms with Crippen molar-refractivity contribution in [1.82, 2.24) is 19.9 Å². The summed E-state index contributed by atoms with van der Waals surface area (Å²) in [5.41, 5.74) is 12.7. The first kappa shape index (κ1) is 34.6. The van der Waals surface area contributed by atoms with Crippen molar-refractivity contribution in [2.45, 2.75) is 0 Å². The van der Waals surface area contributed by atoms with Gasteiger partial charge in [-0.2, -0.15) is 0 Å². The average Bonchev–Trinajstić information content (AvgIpc) is 3.72. The van der Waals surface area contributed by atoms with Crippen LogP contribution in [0, 0.1) is 0 Å². The lowest BCUT2D eigenvalue weighted by Crippen LogP contribution is -2.00. The molecule has 0 atom stereocenters. The molecule has 0 spiro atoms. The van der Waals surface area contributed by atoms with Crippen LogP contribution in [-0.4, -0.2) is 19.9 Å². The molecular weight excluding hydrogens is 737 g/mol. The van der Waals surface area contributed by atoms with E-state index >= 15 is 0 Å². The standard InChI is InChI=1S/C54H34N4S/c1-4-13-35(14-5-1)37-23-27-40(28-24-37)52-56-53(41-29-25-38(26-30-41)36-15-6-2-7-16-36)58-54(57-52)44-20-12-19-42(33-44)43-31-32-47-46(34-43)51-49(45-21-10-11-22-48(45)59-51)50(55-47)39-17-8-3-9-18-39/h1-34H. The van der Waals surface area contributed by atoms with Crippen LogP contribution in [0.3, 0.4) is 0 Å². The summed E-state index contributed by atoms with van der Waals surface area (Å²) >= 11 is 1.83. The van der Waals surface area contributed by atoms with Crippen LogP contribution in [0.5, 0.6) is 0 Å². The normalized spacial score (nSPS) is 11.4. The Hall–Kier alpha value is -7.60. The Bertz CT molecular complexity index is 3190. The van der Waals surface area contributed by atoms with Gasteiger partial charge in [-0.3, -0.25) is 0 Å². The number of pyridine rings is 1. The van der Waals surface area contributed by atoms with E-state index in [1.807, 2.05) is 23.5 Å². The fourth-order valence-corrected chi connectivity index (χ4v) is 9.16. The van der Waals surface area contributed by atoms with Crippen LogP contribution < -0.4 is 0 Å². The van der Waals surface area contributed by atoms with Crippen LogP contribution in [0.25, 0.3) is 110 Å². The van der Waals surface area contributed by atoms with Gasteiger partial charge in [0.25, 0.3) is 0 Å². The first-order chi connectivity index (χ1) is 29.2. The minimum Gasteiger partial charge on any atom is -0.247 e. The fourth-order valence-electron chi connectivity index (χ4n) is 7.93. The van der Waals surface area contributed by atoms with Gasteiger partial charge in [0.2, 0.25) is 0 Å². The molecule has 5 heteroatoms. The summed E-state index contributed by atoms with van der Waals surface area (Å²) in [6, 6.07) is 72.1. The van der Waals surface area contributed by atoms with Gasteiger partial charge in [-0.05, 0) is 57.6 Å². The summed E-state index contributed by atoms with van der Waals surface area (Å²) in [5.74, 6) is 1.87. The van der Waals surface area contributed by atoms with Gasteiger partial charge in [-0.1, -0.05) is 182 Å². The molecule has 59 heavy (non-hydrogen) atoms. The monoisotopic (exact) mass is 770 g/mol. The first-order valence-electron chi connectivity index (χ1n) is 19.7. The summed E-state index contributed by atoms with van der Waals surface area (Å²) in [4.78, 5) is 20.6. The fraction of sp³-hybridized carbons (Fsp3) is 0. The van der Waals surface area contributed by atoms with Gasteiger partial charge in [0.15, 0.2) is 17.5 Å². The van der Waals surface area contributed by atoms with Crippen molar-refractivity contribution in [3.05, 3.63) is 206 Å². The van der Waals surface area contributed by atoms with Gasteiger partial charge in [0.1, 0.15) is 0 Å². The Labute approximate surface area is 345 Å². The molecule has 8 aromatic carbocycles. The van der Waals surface area contributed by atoms with Crippen LogP contribution in [0.4, 0.5) is 0 Å². The van der Waals surface area contributed by atoms with Crippen molar-refractivity contribution in [3.63, 3.8) is 0 Å². The second-order valence-corrected chi connectivity index (χ2v) is 15.7. The van der Waals surface area contributed by atoms with Crippen LogP contribution in [0.15, 0.2) is 206 Å². The molecule has 0 saturated heterocycles. The molecule has 3 heterocycles. The number of fused-ring (bicyclic) bond motifs is 5. The maximum atomic E-state index is 5.30. The van der Waals surface area contributed by atoms with Crippen LogP contribution >= 0.6 is 11.3 Å². The molecule has 0 aliphatic carbocycles. The second kappa shape index (κ2) is 14.7. The van der Waals surface area contributed by atoms with E-state index in [-0.39, 0.29) is 0 Å². The Kier molecular flexibility index (Phi) is 8.64. The summed E-state index contributed by atoms with van der Waals surface area (Å²) < 4.78 is 2.50. The van der Waals surface area contributed by atoms with Gasteiger partial charge in [-0.25, -0.2) is 19.9 Å². The highest BCUT2D eigenvalue weighted by atomic mass is 32.1. The molecule has 0 radical (unpaired) electrons. The highest BCUT2D eigenvalue weighted by Gasteiger charge is 2.18. The molecule has 0 unspecified atom stereocenters. The van der Waals surface area contributed by atoms with Crippen molar-refractivity contribution in [2.24, 2.45) is 0 Å². The highest BCUT2D eigenvalue weighted by molar-refractivity contribution is 7.26. The molecule has 0 aliphatic rings. The molecule has 11 aromatic rings. The highest BCUT2D eigenvalue weighted by Crippen LogP contribution is 2.43. The first-order valence-corrected chi connectivity index (χ1v) is 20.5. The van der Waals surface area contributed by atoms with E-state index in [2.05, 4.69) is 194 Å². The lowest BCUT2D eigenvalue weighted by atomic mass is 9.98. The van der Waals surface area contributed by atoms with Crippen molar-refractivity contribution in [1.29, 1.82) is 0 Å². The van der Waals surface area contributed by atoms with E-state index in [1.54, 1.807) is 0 Å². The lowest BCUT2D eigenvalue weighted by Gasteiger charge is -2.12. The smallest absolute Gasteiger partial charge is 0.164 e. The van der Waals surface area contributed by atoms with E-state index in [1.165, 1.54) is 31.3 Å². The molecule has 4 nitrogen and oxygen atoms in total. The Morgan fingerprint density at radius 3 is 1.34 bits per heavy atom. The molecule has 276 valence electrons. The molecule has 3 aromatic heterocycles. The molecule has 0 N–H and O–H groups in total. The second-order valence-electron chi connectivity index (χ2n) is 14.6. The molecule has 0 bridgehead atoms. The maximum absolute atomic E-state index is 5.30. The van der Waals surface area contributed by atoms with E-state index in [4.69, 9.17) is 19.9 Å². The third-order valence-corrected chi connectivity index (χ3v) is 12.1. The zero-order chi connectivity index (χ0) is 39.1. The number of benzene rings is 8. The molecular formula is C54H34N4S. The van der Waals surface area contributed by atoms with Gasteiger partial charge in [0.05, 0.1) is 11.2 Å². The SMILES string of the molecule is c1ccc(-c2ccc(-c3nc(-c4ccc(-c5ccccc5)cc4)nc(-c4cccc(-c5ccc6nc(-c7ccccc7)c7c8ccccc8sc7c6c5)c4)n3)cc2)cc1. The minimum absolute atomic E-state index is 0.618. The summed E-state index contributed by atoms with van der Waals surface area (Å²) in [7, 11) is 0. The van der Waals surface area contributed by atoms with Gasteiger partial charge < -0.3 is 0 Å². The van der Waals surface area contributed by atoms with Gasteiger partial charge >= 0.3 is 0 Å². The quantitative estimate of drug-likeness (QED) is 0.162. The summed E-state index contributed by atoms with van der Waals surface area (Å²) in [6.45, 7) is 0. The number of nitrogens with zero attached hydrogens (tertiary/aromatic N) is 4. The lowest BCUT2D eigenvalue weighted by molar-refractivity contribution is 1.07. The third-order valence-electron chi connectivity index (χ3n) is 10.9. The molecule has 0 fully saturated rings. The maximum Gasteiger partial charge on any atom is 0.164 e. The van der Waals surface area contributed by atoms with Gasteiger partial charge in [0, 0.05) is 47.8 Å². The Morgan fingerprint density at radius 2 is 0.729 bits per heavy atom. The number of rotatable bonds is 7. The van der Waals surface area contributed by atoms with E-state index in [0.717, 1.165) is 61.1 Å². The van der Waals surface area contributed by atoms with Gasteiger partial charge in [-0.15, -0.1) is 11.3 Å². The number of thiophene rings is 1. The van der Waals surface area contributed by atoms with Crippen LogP contribution in [-0.2, 0) is 0 Å². The predicted octanol–water partition coefficient (Wildman–Crippen LogP) is 14.5. The average molecular weight is 771 g/mol. The van der Waals surface area contributed by atoms with E-state index in [9.17, 15) is 0 Å². The van der Waals surface area contributed by atoms with Crippen molar-refractivity contribution >= 4 is 42.4 Å². The summed E-state index contributed by atoms with van der Waals surface area (Å²) in [6.07, 6.45) is 0. The molecule has 11 rings (SSSR count). The Balaban J connectivity index is 1.02. The number of aromatic nitrogens is 4. The predicted molar refractivity (Wildman–Crippen MR) is 246 cm³/mol. The largest absolute Gasteiger partial charge is 0.247 e. The molecule has 0 aliphatic heterocycles. The van der Waals surface area contributed by atoms with E-state index < -0.39 is 0 Å². The number of hydrogen-bond donors (Lipinski definition) is 0. The zero-order valence-corrected chi connectivity index (χ0v) is 32.6. The molecule has 0 amide bonds. The van der Waals surface area contributed by atoms with E-state index in [0.29, 0.717) is 17.5 Å². The van der Waals surface area contributed by atoms with Crippen molar-refractivity contribution in [2.75, 3.05) is 0 Å². The Morgan fingerprint density at radius 1 is 0.288 bits per heavy atom. The zero-order valence-electron chi connectivity index (χ0n) is 31.8. The van der Waals surface area contributed by atoms with Crippen molar-refractivity contribution in [3.8, 4) is 78.8 Å².